The zero-order valence-corrected chi connectivity index (χ0v) is 21.4. The number of phenols is 2. The van der Waals surface area contributed by atoms with Crippen molar-refractivity contribution in [2.75, 3.05) is 13.2 Å². The van der Waals surface area contributed by atoms with Gasteiger partial charge in [-0.25, -0.2) is 0 Å². The number of rotatable bonds is 20. The van der Waals surface area contributed by atoms with Crippen LogP contribution >= 0.6 is 0 Å². The lowest BCUT2D eigenvalue weighted by Crippen LogP contribution is -2.08. The highest BCUT2D eigenvalue weighted by molar-refractivity contribution is 5.66. The Kier molecular flexibility index (Phi) is 15.9. The predicted octanol–water partition coefficient (Wildman–Crippen LogP) is 8.48. The van der Waals surface area contributed by atoms with Crippen molar-refractivity contribution in [2.45, 2.75) is 130 Å². The van der Waals surface area contributed by atoms with Crippen molar-refractivity contribution in [3.05, 3.63) is 11.1 Å². The first-order valence-electron chi connectivity index (χ1n) is 13.5. The highest BCUT2D eigenvalue weighted by Crippen LogP contribution is 2.49. The molecule has 0 aliphatic heterocycles. The Bertz CT molecular complexity index is 612. The van der Waals surface area contributed by atoms with Crippen LogP contribution in [-0.4, -0.2) is 23.4 Å². The lowest BCUT2D eigenvalue weighted by Gasteiger charge is -2.22. The molecule has 0 saturated heterocycles. The van der Waals surface area contributed by atoms with Crippen molar-refractivity contribution in [1.82, 2.24) is 0 Å². The first-order valence-corrected chi connectivity index (χ1v) is 13.5. The van der Waals surface area contributed by atoms with Crippen LogP contribution in [0.15, 0.2) is 0 Å². The first kappa shape index (κ1) is 28.5. The molecule has 0 fully saturated rings. The van der Waals surface area contributed by atoms with Crippen LogP contribution in [0.25, 0.3) is 0 Å². The van der Waals surface area contributed by atoms with E-state index < -0.39 is 0 Å². The second-order valence-electron chi connectivity index (χ2n) is 9.05. The Labute approximate surface area is 197 Å². The zero-order chi connectivity index (χ0) is 23.6. The van der Waals surface area contributed by atoms with Gasteiger partial charge in [-0.05, 0) is 38.5 Å². The minimum absolute atomic E-state index is 0.0131. The maximum Gasteiger partial charge on any atom is 0.207 e. The fraction of sp³-hybridized carbons (Fsp3) is 0.786. The Balaban J connectivity index is 3.10. The van der Waals surface area contributed by atoms with E-state index in [0.717, 1.165) is 75.3 Å². The van der Waals surface area contributed by atoms with E-state index in [2.05, 4.69) is 27.7 Å². The lowest BCUT2D eigenvalue weighted by atomic mass is 9.94. The third-order valence-corrected chi connectivity index (χ3v) is 6.12. The van der Waals surface area contributed by atoms with Gasteiger partial charge in [0.1, 0.15) is 0 Å². The molecule has 186 valence electrons. The quantitative estimate of drug-likeness (QED) is 0.154. The molecule has 0 amide bonds. The molecule has 1 aromatic carbocycles. The van der Waals surface area contributed by atoms with E-state index in [-0.39, 0.29) is 11.5 Å². The predicted molar refractivity (Wildman–Crippen MR) is 136 cm³/mol. The zero-order valence-electron chi connectivity index (χ0n) is 21.4. The van der Waals surface area contributed by atoms with E-state index in [1.165, 1.54) is 38.5 Å². The van der Waals surface area contributed by atoms with Crippen LogP contribution in [0.2, 0.25) is 0 Å². The maximum atomic E-state index is 10.9. The number of unbranched alkanes of at least 4 members (excludes halogenated alkanes) is 10. The highest BCUT2D eigenvalue weighted by atomic mass is 16.5. The Morgan fingerprint density at radius 1 is 0.469 bits per heavy atom. The summed E-state index contributed by atoms with van der Waals surface area (Å²) < 4.78 is 12.4. The number of benzene rings is 1. The Morgan fingerprint density at radius 3 is 1.41 bits per heavy atom. The lowest BCUT2D eigenvalue weighted by molar-refractivity contribution is 0.242. The molecule has 0 saturated carbocycles. The van der Waals surface area contributed by atoms with Crippen LogP contribution in [0, 0.1) is 0 Å². The molecule has 32 heavy (non-hydrogen) atoms. The van der Waals surface area contributed by atoms with Crippen molar-refractivity contribution in [2.24, 2.45) is 0 Å². The number of hydrogen-bond donors (Lipinski definition) is 2. The smallest absolute Gasteiger partial charge is 0.207 e. The van der Waals surface area contributed by atoms with Gasteiger partial charge in [0.15, 0.2) is 11.5 Å². The van der Waals surface area contributed by atoms with Gasteiger partial charge in [0, 0.05) is 11.1 Å². The summed E-state index contributed by atoms with van der Waals surface area (Å²) in [6.07, 6.45) is 17.3. The van der Waals surface area contributed by atoms with E-state index in [9.17, 15) is 10.2 Å². The summed E-state index contributed by atoms with van der Waals surface area (Å²) in [5.41, 5.74) is 1.87. The van der Waals surface area contributed by atoms with Gasteiger partial charge >= 0.3 is 0 Å². The van der Waals surface area contributed by atoms with Crippen molar-refractivity contribution < 1.29 is 19.7 Å². The van der Waals surface area contributed by atoms with Crippen molar-refractivity contribution in [3.63, 3.8) is 0 Å². The van der Waals surface area contributed by atoms with Gasteiger partial charge in [-0.1, -0.05) is 91.9 Å². The fourth-order valence-electron chi connectivity index (χ4n) is 4.06. The molecule has 2 N–H and O–H groups in total. The molecule has 0 radical (unpaired) electrons. The molecule has 0 atom stereocenters. The van der Waals surface area contributed by atoms with Crippen LogP contribution in [0.3, 0.4) is 0 Å². The molecule has 1 rings (SSSR count). The Morgan fingerprint density at radius 2 is 0.906 bits per heavy atom. The van der Waals surface area contributed by atoms with Gasteiger partial charge in [0.2, 0.25) is 11.5 Å². The van der Waals surface area contributed by atoms with E-state index in [1.54, 1.807) is 0 Å². The van der Waals surface area contributed by atoms with Crippen LogP contribution < -0.4 is 9.47 Å². The molecule has 4 nitrogen and oxygen atoms in total. The van der Waals surface area contributed by atoms with Gasteiger partial charge in [-0.3, -0.25) is 0 Å². The number of phenolic OH excluding ortho intramolecular Hbond substituents is 2. The van der Waals surface area contributed by atoms with E-state index in [1.807, 2.05) is 0 Å². The van der Waals surface area contributed by atoms with E-state index in [4.69, 9.17) is 9.47 Å². The van der Waals surface area contributed by atoms with Crippen molar-refractivity contribution in [1.29, 1.82) is 0 Å². The summed E-state index contributed by atoms with van der Waals surface area (Å²) in [6.45, 7) is 9.90. The molecular formula is C28H50O4. The molecule has 0 aliphatic rings. The fourth-order valence-corrected chi connectivity index (χ4v) is 4.06. The minimum Gasteiger partial charge on any atom is -0.504 e. The third kappa shape index (κ3) is 9.92. The normalized spacial score (nSPS) is 11.1. The van der Waals surface area contributed by atoms with Gasteiger partial charge in [0.25, 0.3) is 0 Å². The molecule has 0 bridgehead atoms. The Hall–Kier alpha value is -1.58. The summed E-state index contributed by atoms with van der Waals surface area (Å²) in [5.74, 6) is 0.855. The topological polar surface area (TPSA) is 58.9 Å². The minimum atomic E-state index is -0.147. The van der Waals surface area contributed by atoms with Crippen LogP contribution in [0.5, 0.6) is 23.0 Å². The maximum absolute atomic E-state index is 10.9. The molecule has 0 heterocycles. The van der Waals surface area contributed by atoms with Gasteiger partial charge in [0.05, 0.1) is 13.2 Å². The molecule has 1 aromatic rings. The van der Waals surface area contributed by atoms with Crippen LogP contribution in [-0.2, 0) is 12.8 Å². The van der Waals surface area contributed by atoms with E-state index >= 15 is 0 Å². The molecule has 4 heteroatoms. The van der Waals surface area contributed by atoms with Crippen LogP contribution in [0.1, 0.15) is 129 Å². The first-order chi connectivity index (χ1) is 15.6. The monoisotopic (exact) mass is 450 g/mol. The average molecular weight is 451 g/mol. The summed E-state index contributed by atoms with van der Waals surface area (Å²) in [5, 5.41) is 21.7. The third-order valence-electron chi connectivity index (χ3n) is 6.12. The summed E-state index contributed by atoms with van der Waals surface area (Å²) in [4.78, 5) is 0. The number of hydrogen-bond acceptors (Lipinski definition) is 4. The second-order valence-corrected chi connectivity index (χ2v) is 9.05. The molecule has 0 aromatic heterocycles. The summed E-state index contributed by atoms with van der Waals surface area (Å²) in [7, 11) is 0. The number of aromatic hydroxyl groups is 2. The van der Waals surface area contributed by atoms with E-state index in [0.29, 0.717) is 24.7 Å². The second kappa shape index (κ2) is 17.9. The SMILES string of the molecule is CCCCCCCOc1c(O)c(O)c(CCCC)c(CCCC)c1OCCCCCCC. The van der Waals surface area contributed by atoms with Gasteiger partial charge < -0.3 is 19.7 Å². The molecule has 0 unspecified atom stereocenters. The summed E-state index contributed by atoms with van der Waals surface area (Å²) >= 11 is 0. The molecular weight excluding hydrogens is 400 g/mol. The number of ether oxygens (including phenoxy) is 2. The van der Waals surface area contributed by atoms with Crippen LogP contribution in [0.4, 0.5) is 0 Å². The summed E-state index contributed by atoms with van der Waals surface area (Å²) in [6, 6.07) is 0. The largest absolute Gasteiger partial charge is 0.504 e. The average Bonchev–Trinajstić information content (AvgIpc) is 2.80. The van der Waals surface area contributed by atoms with Gasteiger partial charge in [-0.2, -0.15) is 0 Å². The van der Waals surface area contributed by atoms with Gasteiger partial charge in [-0.15, -0.1) is 0 Å². The van der Waals surface area contributed by atoms with Crippen molar-refractivity contribution >= 4 is 0 Å². The standard InChI is InChI=1S/C28H50O4/c1-5-9-13-15-17-21-31-27-24(20-12-8-4)23(19-11-7-3)25(29)26(30)28(27)32-22-18-16-14-10-6-2/h29-30H,5-22H2,1-4H3. The molecule has 0 spiro atoms. The molecule has 0 aliphatic carbocycles. The highest BCUT2D eigenvalue weighted by Gasteiger charge is 2.25. The van der Waals surface area contributed by atoms with Crippen molar-refractivity contribution in [3.8, 4) is 23.0 Å².